The molecule has 1 heteroatoms. The number of nitrogens with zero attached hydrogens (tertiary/aromatic N) is 1. The van der Waals surface area contributed by atoms with E-state index in [9.17, 15) is 0 Å². The van der Waals surface area contributed by atoms with Crippen LogP contribution in [0.2, 0.25) is 0 Å². The Morgan fingerprint density at radius 2 is 1.76 bits per heavy atom. The van der Waals surface area contributed by atoms with E-state index in [1.165, 1.54) is 38.8 Å². The highest BCUT2D eigenvalue weighted by Crippen LogP contribution is 2.21. The van der Waals surface area contributed by atoms with E-state index in [1.54, 1.807) is 0 Å². The van der Waals surface area contributed by atoms with E-state index in [4.69, 9.17) is 0 Å². The standard InChI is InChI=1S/C20H29N/c1-17(2)9-11-20(21-15-13-18(3)14-16-21)12-10-19-7-5-4-6-8-19/h4-8,17-18,20H,9,11,13-16H2,1-3H3. The van der Waals surface area contributed by atoms with Crippen LogP contribution >= 0.6 is 0 Å². The largest absolute Gasteiger partial charge is 0.290 e. The van der Waals surface area contributed by atoms with Crippen LogP contribution in [0.4, 0.5) is 0 Å². The van der Waals surface area contributed by atoms with Gasteiger partial charge < -0.3 is 0 Å². The Hall–Kier alpha value is -1.26. The molecule has 0 amide bonds. The minimum atomic E-state index is 0.431. The molecule has 2 rings (SSSR count). The molecule has 0 aromatic heterocycles. The maximum Gasteiger partial charge on any atom is 0.0718 e. The van der Waals surface area contributed by atoms with Crippen molar-refractivity contribution in [3.05, 3.63) is 35.9 Å². The summed E-state index contributed by atoms with van der Waals surface area (Å²) in [6.45, 7) is 9.41. The lowest BCUT2D eigenvalue weighted by Gasteiger charge is -2.34. The van der Waals surface area contributed by atoms with Gasteiger partial charge in [-0.1, -0.05) is 50.8 Å². The van der Waals surface area contributed by atoms with Gasteiger partial charge in [0.05, 0.1) is 6.04 Å². The quantitative estimate of drug-likeness (QED) is 0.731. The maximum absolute atomic E-state index is 3.55. The van der Waals surface area contributed by atoms with E-state index in [0.717, 1.165) is 17.4 Å². The van der Waals surface area contributed by atoms with Crippen LogP contribution in [0, 0.1) is 23.7 Å². The van der Waals surface area contributed by atoms with Crippen LogP contribution < -0.4 is 0 Å². The summed E-state index contributed by atoms with van der Waals surface area (Å²) in [7, 11) is 0. The van der Waals surface area contributed by atoms with E-state index in [-0.39, 0.29) is 0 Å². The van der Waals surface area contributed by atoms with Crippen LogP contribution in [-0.4, -0.2) is 24.0 Å². The second-order valence-corrected chi connectivity index (χ2v) is 6.84. The second kappa shape index (κ2) is 8.25. The van der Waals surface area contributed by atoms with Crippen LogP contribution in [0.3, 0.4) is 0 Å². The minimum absolute atomic E-state index is 0.431. The average molecular weight is 283 g/mol. The lowest BCUT2D eigenvalue weighted by atomic mass is 9.95. The third kappa shape index (κ3) is 5.56. The van der Waals surface area contributed by atoms with Gasteiger partial charge in [0.1, 0.15) is 0 Å². The molecule has 1 atom stereocenters. The molecule has 0 N–H and O–H groups in total. The van der Waals surface area contributed by atoms with Gasteiger partial charge in [0, 0.05) is 5.56 Å². The molecule has 1 aliphatic rings. The van der Waals surface area contributed by atoms with Crippen molar-refractivity contribution in [2.24, 2.45) is 11.8 Å². The van der Waals surface area contributed by atoms with Crippen molar-refractivity contribution in [2.75, 3.05) is 13.1 Å². The van der Waals surface area contributed by atoms with Gasteiger partial charge in [-0.25, -0.2) is 0 Å². The highest BCUT2D eigenvalue weighted by atomic mass is 15.2. The van der Waals surface area contributed by atoms with Crippen molar-refractivity contribution < 1.29 is 0 Å². The van der Waals surface area contributed by atoms with E-state index in [1.807, 2.05) is 6.07 Å². The molecule has 0 aliphatic carbocycles. The number of benzene rings is 1. The molecule has 1 saturated heterocycles. The first-order chi connectivity index (χ1) is 10.1. The molecule has 1 unspecified atom stereocenters. The Labute approximate surface area is 130 Å². The molecular formula is C20H29N. The molecule has 0 bridgehead atoms. The van der Waals surface area contributed by atoms with Crippen LogP contribution in [0.1, 0.15) is 52.0 Å². The Kier molecular flexibility index (Phi) is 6.33. The summed E-state index contributed by atoms with van der Waals surface area (Å²) in [5.41, 5.74) is 1.14. The van der Waals surface area contributed by atoms with Gasteiger partial charge in [-0.05, 0) is 62.7 Å². The Morgan fingerprint density at radius 1 is 1.10 bits per heavy atom. The summed E-state index contributed by atoms with van der Waals surface area (Å²) in [5.74, 6) is 8.58. The van der Waals surface area contributed by atoms with Gasteiger partial charge in [-0.2, -0.15) is 0 Å². The minimum Gasteiger partial charge on any atom is -0.290 e. The maximum atomic E-state index is 3.55. The fourth-order valence-corrected chi connectivity index (χ4v) is 2.87. The van der Waals surface area contributed by atoms with E-state index < -0.39 is 0 Å². The normalized spacial score (nSPS) is 18.3. The zero-order valence-electron chi connectivity index (χ0n) is 13.8. The summed E-state index contributed by atoms with van der Waals surface area (Å²) in [6, 6.07) is 10.8. The predicted octanol–water partition coefficient (Wildman–Crippen LogP) is 4.57. The van der Waals surface area contributed by atoms with Crippen molar-refractivity contribution in [3.8, 4) is 11.8 Å². The van der Waals surface area contributed by atoms with Gasteiger partial charge in [0.2, 0.25) is 0 Å². The van der Waals surface area contributed by atoms with Crippen LogP contribution in [0.25, 0.3) is 0 Å². The molecule has 0 radical (unpaired) electrons. The highest BCUT2D eigenvalue weighted by Gasteiger charge is 2.21. The summed E-state index contributed by atoms with van der Waals surface area (Å²) in [5, 5.41) is 0. The number of piperidine rings is 1. The molecule has 1 aromatic carbocycles. The Morgan fingerprint density at radius 3 is 2.38 bits per heavy atom. The van der Waals surface area contributed by atoms with Crippen molar-refractivity contribution in [1.29, 1.82) is 0 Å². The summed E-state index contributed by atoms with van der Waals surface area (Å²) >= 11 is 0. The number of rotatable bonds is 4. The van der Waals surface area contributed by atoms with Gasteiger partial charge in [0.25, 0.3) is 0 Å². The third-order valence-electron chi connectivity index (χ3n) is 4.43. The molecule has 1 aromatic rings. The number of hydrogen-bond donors (Lipinski definition) is 0. The molecule has 0 saturated carbocycles. The molecule has 21 heavy (non-hydrogen) atoms. The number of hydrogen-bond acceptors (Lipinski definition) is 1. The molecule has 114 valence electrons. The fraction of sp³-hybridized carbons (Fsp3) is 0.600. The van der Waals surface area contributed by atoms with Gasteiger partial charge in [0.15, 0.2) is 0 Å². The van der Waals surface area contributed by atoms with E-state index >= 15 is 0 Å². The molecule has 1 heterocycles. The number of likely N-dealkylation sites (tertiary alicyclic amines) is 1. The lowest BCUT2D eigenvalue weighted by Crippen LogP contribution is -2.40. The summed E-state index contributed by atoms with van der Waals surface area (Å²) < 4.78 is 0. The smallest absolute Gasteiger partial charge is 0.0718 e. The monoisotopic (exact) mass is 283 g/mol. The molecule has 0 spiro atoms. The average Bonchev–Trinajstić information content (AvgIpc) is 2.49. The predicted molar refractivity (Wildman–Crippen MR) is 91.2 cm³/mol. The lowest BCUT2D eigenvalue weighted by molar-refractivity contribution is 0.156. The van der Waals surface area contributed by atoms with Crippen LogP contribution in [0.5, 0.6) is 0 Å². The van der Waals surface area contributed by atoms with E-state index in [2.05, 4.69) is 61.8 Å². The van der Waals surface area contributed by atoms with E-state index in [0.29, 0.717) is 6.04 Å². The van der Waals surface area contributed by atoms with Crippen molar-refractivity contribution >= 4 is 0 Å². The van der Waals surface area contributed by atoms with Crippen molar-refractivity contribution in [3.63, 3.8) is 0 Å². The van der Waals surface area contributed by atoms with Crippen LogP contribution in [0.15, 0.2) is 30.3 Å². The first kappa shape index (κ1) is 16.1. The molecule has 1 fully saturated rings. The first-order valence-corrected chi connectivity index (χ1v) is 8.46. The molecular weight excluding hydrogens is 254 g/mol. The van der Waals surface area contributed by atoms with Gasteiger partial charge in [-0.15, -0.1) is 0 Å². The summed E-state index contributed by atoms with van der Waals surface area (Å²) in [4.78, 5) is 2.61. The van der Waals surface area contributed by atoms with Crippen LogP contribution in [-0.2, 0) is 0 Å². The van der Waals surface area contributed by atoms with Crippen molar-refractivity contribution in [2.45, 2.75) is 52.5 Å². The molecule has 1 nitrogen and oxygen atoms in total. The van der Waals surface area contributed by atoms with Gasteiger partial charge >= 0.3 is 0 Å². The SMILES string of the molecule is CC(C)CCC(C#Cc1ccccc1)N1CCC(C)CC1. The highest BCUT2D eigenvalue weighted by molar-refractivity contribution is 5.34. The first-order valence-electron chi connectivity index (χ1n) is 8.46. The fourth-order valence-electron chi connectivity index (χ4n) is 2.87. The Bertz CT molecular complexity index is 458. The van der Waals surface area contributed by atoms with Crippen molar-refractivity contribution in [1.82, 2.24) is 4.90 Å². The second-order valence-electron chi connectivity index (χ2n) is 6.84. The summed E-state index contributed by atoms with van der Waals surface area (Å²) in [6.07, 6.45) is 5.11. The zero-order valence-corrected chi connectivity index (χ0v) is 13.8. The Balaban J connectivity index is 2.03. The van der Waals surface area contributed by atoms with Gasteiger partial charge in [-0.3, -0.25) is 4.90 Å². The topological polar surface area (TPSA) is 3.24 Å². The third-order valence-corrected chi connectivity index (χ3v) is 4.43. The zero-order chi connectivity index (χ0) is 15.1. The molecule has 1 aliphatic heterocycles.